The van der Waals surface area contributed by atoms with Crippen molar-refractivity contribution in [1.29, 1.82) is 0 Å². The van der Waals surface area contributed by atoms with Gasteiger partial charge in [-0.3, -0.25) is 9.80 Å². The van der Waals surface area contributed by atoms with Crippen molar-refractivity contribution in [2.45, 2.75) is 39.4 Å². The smallest absolute Gasteiger partial charge is 0.162 e. The first-order valence-corrected chi connectivity index (χ1v) is 7.40. The molecule has 2 rings (SSSR count). The molecule has 0 radical (unpaired) electrons. The molecular weight excluding hydrogens is 252 g/mol. The van der Waals surface area contributed by atoms with E-state index in [9.17, 15) is 5.11 Å². The fourth-order valence-corrected chi connectivity index (χ4v) is 2.85. The molecule has 1 N–H and O–H groups in total. The minimum atomic E-state index is 0.286. The standard InChI is InChI=1S/C16H26N2O2/c1-5-20-15-8-6-7-14(16(15)19)11-18-9-12(2)17(4)13(3)10-18/h6-8,12-13,19H,5,9-11H2,1-4H3. The second-order valence-electron chi connectivity index (χ2n) is 5.75. The summed E-state index contributed by atoms with van der Waals surface area (Å²) in [6.45, 7) is 9.82. The van der Waals surface area contributed by atoms with Crippen molar-refractivity contribution in [2.75, 3.05) is 26.7 Å². The van der Waals surface area contributed by atoms with Crippen LogP contribution in [-0.2, 0) is 6.54 Å². The number of benzene rings is 1. The molecule has 1 saturated heterocycles. The third-order valence-corrected chi connectivity index (χ3v) is 4.21. The van der Waals surface area contributed by atoms with Crippen molar-refractivity contribution >= 4 is 0 Å². The van der Waals surface area contributed by atoms with Crippen LogP contribution in [0.25, 0.3) is 0 Å². The monoisotopic (exact) mass is 278 g/mol. The topological polar surface area (TPSA) is 35.9 Å². The SMILES string of the molecule is CCOc1cccc(CN2CC(C)N(C)C(C)C2)c1O. The Hall–Kier alpha value is -1.26. The molecule has 0 saturated carbocycles. The zero-order valence-electron chi connectivity index (χ0n) is 13.0. The number of hydrogen-bond acceptors (Lipinski definition) is 4. The summed E-state index contributed by atoms with van der Waals surface area (Å²) in [6, 6.07) is 6.82. The van der Waals surface area contributed by atoms with Crippen LogP contribution in [0.3, 0.4) is 0 Å². The zero-order valence-corrected chi connectivity index (χ0v) is 13.0. The Morgan fingerprint density at radius 2 is 1.90 bits per heavy atom. The van der Waals surface area contributed by atoms with Crippen LogP contribution in [0.1, 0.15) is 26.3 Å². The van der Waals surface area contributed by atoms with Gasteiger partial charge in [-0.1, -0.05) is 12.1 Å². The van der Waals surface area contributed by atoms with E-state index in [1.54, 1.807) is 0 Å². The van der Waals surface area contributed by atoms with Gasteiger partial charge in [-0.25, -0.2) is 0 Å². The van der Waals surface area contributed by atoms with E-state index in [1.165, 1.54) is 0 Å². The maximum absolute atomic E-state index is 10.3. The third kappa shape index (κ3) is 3.25. The maximum atomic E-state index is 10.3. The summed E-state index contributed by atoms with van der Waals surface area (Å²) in [5.41, 5.74) is 0.944. The molecule has 4 nitrogen and oxygen atoms in total. The maximum Gasteiger partial charge on any atom is 0.162 e. The summed E-state index contributed by atoms with van der Waals surface area (Å²) in [6.07, 6.45) is 0. The Morgan fingerprint density at radius 3 is 2.50 bits per heavy atom. The van der Waals surface area contributed by atoms with E-state index in [-0.39, 0.29) is 5.75 Å². The average Bonchev–Trinajstić information content (AvgIpc) is 2.41. The van der Waals surface area contributed by atoms with Crippen LogP contribution in [0, 0.1) is 0 Å². The van der Waals surface area contributed by atoms with Gasteiger partial charge in [-0.15, -0.1) is 0 Å². The van der Waals surface area contributed by atoms with Crippen LogP contribution in [0.5, 0.6) is 11.5 Å². The summed E-state index contributed by atoms with van der Waals surface area (Å²) in [4.78, 5) is 4.81. The molecule has 1 aromatic carbocycles. The number of hydrogen-bond donors (Lipinski definition) is 1. The van der Waals surface area contributed by atoms with E-state index in [0.717, 1.165) is 25.2 Å². The Bertz CT molecular complexity index is 438. The van der Waals surface area contributed by atoms with Gasteiger partial charge in [0, 0.05) is 37.3 Å². The van der Waals surface area contributed by atoms with Crippen molar-refractivity contribution in [3.63, 3.8) is 0 Å². The number of ether oxygens (including phenoxy) is 1. The molecule has 112 valence electrons. The molecule has 1 aliphatic heterocycles. The van der Waals surface area contributed by atoms with Crippen molar-refractivity contribution < 1.29 is 9.84 Å². The Morgan fingerprint density at radius 1 is 1.25 bits per heavy atom. The predicted octanol–water partition coefficient (Wildman–Crippen LogP) is 2.32. The highest BCUT2D eigenvalue weighted by Gasteiger charge is 2.26. The lowest BCUT2D eigenvalue weighted by molar-refractivity contribution is 0.0551. The number of rotatable bonds is 4. The van der Waals surface area contributed by atoms with E-state index >= 15 is 0 Å². The van der Waals surface area contributed by atoms with Crippen LogP contribution in [0.4, 0.5) is 0 Å². The van der Waals surface area contributed by atoms with Gasteiger partial charge < -0.3 is 9.84 Å². The summed E-state index contributed by atoms with van der Waals surface area (Å²) in [5, 5.41) is 10.3. The Labute approximate surface area is 122 Å². The molecule has 4 heteroatoms. The number of likely N-dealkylation sites (N-methyl/N-ethyl adjacent to an activating group) is 1. The first kappa shape index (κ1) is 15.1. The van der Waals surface area contributed by atoms with Gasteiger partial charge in [0.15, 0.2) is 11.5 Å². The zero-order chi connectivity index (χ0) is 14.7. The van der Waals surface area contributed by atoms with Crippen LogP contribution >= 0.6 is 0 Å². The minimum absolute atomic E-state index is 0.286. The lowest BCUT2D eigenvalue weighted by Gasteiger charge is -2.42. The van der Waals surface area contributed by atoms with Crippen molar-refractivity contribution in [2.24, 2.45) is 0 Å². The van der Waals surface area contributed by atoms with Crippen LogP contribution in [-0.4, -0.2) is 53.7 Å². The summed E-state index contributed by atoms with van der Waals surface area (Å²) >= 11 is 0. The van der Waals surface area contributed by atoms with Crippen LogP contribution in [0.2, 0.25) is 0 Å². The second-order valence-corrected chi connectivity index (χ2v) is 5.75. The molecular formula is C16H26N2O2. The highest BCUT2D eigenvalue weighted by molar-refractivity contribution is 5.45. The van der Waals surface area contributed by atoms with E-state index < -0.39 is 0 Å². The van der Waals surface area contributed by atoms with Gasteiger partial charge in [0.2, 0.25) is 0 Å². The molecule has 20 heavy (non-hydrogen) atoms. The molecule has 0 aliphatic carbocycles. The molecule has 1 aliphatic rings. The molecule has 1 fully saturated rings. The summed E-state index contributed by atoms with van der Waals surface area (Å²) < 4.78 is 5.45. The van der Waals surface area contributed by atoms with E-state index in [0.29, 0.717) is 24.4 Å². The molecule has 1 heterocycles. The second kappa shape index (κ2) is 6.46. The van der Waals surface area contributed by atoms with Gasteiger partial charge in [0.1, 0.15) is 0 Å². The molecule has 0 aromatic heterocycles. The van der Waals surface area contributed by atoms with Gasteiger partial charge in [-0.05, 0) is 33.9 Å². The Balaban J connectivity index is 2.08. The van der Waals surface area contributed by atoms with Crippen LogP contribution < -0.4 is 4.74 Å². The first-order valence-electron chi connectivity index (χ1n) is 7.40. The van der Waals surface area contributed by atoms with Gasteiger partial charge >= 0.3 is 0 Å². The van der Waals surface area contributed by atoms with Crippen molar-refractivity contribution in [3.8, 4) is 11.5 Å². The highest BCUT2D eigenvalue weighted by Crippen LogP contribution is 2.31. The van der Waals surface area contributed by atoms with Crippen molar-refractivity contribution in [1.82, 2.24) is 9.80 Å². The van der Waals surface area contributed by atoms with Gasteiger partial charge in [0.25, 0.3) is 0 Å². The Kier molecular flexibility index (Phi) is 4.89. The quantitative estimate of drug-likeness (QED) is 0.917. The number of piperazine rings is 1. The number of para-hydroxylation sites is 1. The fourth-order valence-electron chi connectivity index (χ4n) is 2.85. The highest BCUT2D eigenvalue weighted by atomic mass is 16.5. The van der Waals surface area contributed by atoms with Crippen molar-refractivity contribution in [3.05, 3.63) is 23.8 Å². The third-order valence-electron chi connectivity index (χ3n) is 4.21. The van der Waals surface area contributed by atoms with E-state index in [4.69, 9.17) is 4.74 Å². The molecule has 0 spiro atoms. The van der Waals surface area contributed by atoms with Crippen LogP contribution in [0.15, 0.2) is 18.2 Å². The summed E-state index contributed by atoms with van der Waals surface area (Å²) in [5.74, 6) is 0.869. The average molecular weight is 278 g/mol. The lowest BCUT2D eigenvalue weighted by Crippen LogP contribution is -2.54. The van der Waals surface area contributed by atoms with Gasteiger partial charge in [-0.2, -0.15) is 0 Å². The number of nitrogens with zero attached hydrogens (tertiary/aromatic N) is 2. The van der Waals surface area contributed by atoms with E-state index in [1.807, 2.05) is 25.1 Å². The molecule has 2 atom stereocenters. The van der Waals surface area contributed by atoms with Gasteiger partial charge in [0.05, 0.1) is 6.61 Å². The predicted molar refractivity (Wildman–Crippen MR) is 81.2 cm³/mol. The number of phenols is 1. The molecule has 0 amide bonds. The normalized spacial score (nSPS) is 24.8. The molecule has 2 unspecified atom stereocenters. The molecule has 0 bridgehead atoms. The number of aromatic hydroxyl groups is 1. The number of phenolic OH excluding ortho intramolecular Hbond substituents is 1. The largest absolute Gasteiger partial charge is 0.504 e. The lowest BCUT2D eigenvalue weighted by atomic mass is 10.1. The van der Waals surface area contributed by atoms with E-state index in [2.05, 4.69) is 30.7 Å². The minimum Gasteiger partial charge on any atom is -0.504 e. The summed E-state index contributed by atoms with van der Waals surface area (Å²) in [7, 11) is 2.18. The first-order chi connectivity index (χ1) is 9.52. The molecule has 1 aromatic rings. The fraction of sp³-hybridized carbons (Fsp3) is 0.625.